The minimum Gasteiger partial charge on any atom is -0.491 e. The molecule has 184 valence electrons. The summed E-state index contributed by atoms with van der Waals surface area (Å²) in [6, 6.07) is 4.65. The lowest BCUT2D eigenvalue weighted by Gasteiger charge is -2.35. The number of carbonyl (C=O) groups is 4. The molecule has 3 aliphatic heterocycles. The van der Waals surface area contributed by atoms with Gasteiger partial charge < -0.3 is 14.5 Å². The fraction of sp³-hybridized carbons (Fsp3) is 0.480. The quantitative estimate of drug-likeness (QED) is 0.627. The zero-order valence-corrected chi connectivity index (χ0v) is 19.7. The van der Waals surface area contributed by atoms with Crippen LogP contribution < -0.4 is 10.1 Å². The number of amides is 4. The van der Waals surface area contributed by atoms with E-state index in [1.165, 1.54) is 4.90 Å². The Labute approximate surface area is 203 Å². The molecule has 1 aromatic carbocycles. The number of hydrogen-bond acceptors (Lipinski definition) is 6. The molecule has 2 saturated heterocycles. The van der Waals surface area contributed by atoms with Crippen LogP contribution in [-0.2, 0) is 27.5 Å². The maximum absolute atomic E-state index is 12.9. The highest BCUT2D eigenvalue weighted by atomic mass is 16.5. The first-order valence-electron chi connectivity index (χ1n) is 12.1. The van der Waals surface area contributed by atoms with Crippen molar-refractivity contribution in [3.05, 3.63) is 47.3 Å². The fourth-order valence-electron chi connectivity index (χ4n) is 5.12. The standard InChI is InChI=1S/C25H29N5O5/c1-16-11-26-28(12-16)14-23(32)29-9-3-2-4-18(29)15-35-19-5-6-20-17(10-19)13-30(25(20)34)21-7-8-22(31)27-24(21)33/h5-6,10-12,18,21H,2-4,7-9,13-15H2,1H3,(H,27,31,33)/t18-,21?/m0/s1. The average molecular weight is 480 g/mol. The van der Waals surface area contributed by atoms with Crippen molar-refractivity contribution in [2.24, 2.45) is 0 Å². The van der Waals surface area contributed by atoms with E-state index in [9.17, 15) is 19.2 Å². The van der Waals surface area contributed by atoms with E-state index in [0.717, 1.165) is 30.4 Å². The Hall–Kier alpha value is -3.69. The third-order valence-electron chi connectivity index (χ3n) is 6.94. The van der Waals surface area contributed by atoms with Gasteiger partial charge in [0, 0.05) is 31.3 Å². The minimum atomic E-state index is -0.641. The van der Waals surface area contributed by atoms with Crippen LogP contribution in [0.5, 0.6) is 5.75 Å². The number of nitrogens with zero attached hydrogens (tertiary/aromatic N) is 4. The Kier molecular flexibility index (Phi) is 6.27. The molecule has 35 heavy (non-hydrogen) atoms. The van der Waals surface area contributed by atoms with Crippen molar-refractivity contribution in [3.8, 4) is 5.75 Å². The number of nitrogens with one attached hydrogen (secondary N) is 1. The van der Waals surface area contributed by atoms with Crippen molar-refractivity contribution in [1.82, 2.24) is 24.9 Å². The van der Waals surface area contributed by atoms with Crippen LogP contribution in [0.1, 0.15) is 53.6 Å². The average Bonchev–Trinajstić information content (AvgIpc) is 3.40. The summed E-state index contributed by atoms with van der Waals surface area (Å²) in [5.41, 5.74) is 2.36. The van der Waals surface area contributed by atoms with Crippen molar-refractivity contribution in [1.29, 1.82) is 0 Å². The van der Waals surface area contributed by atoms with Gasteiger partial charge in [-0.25, -0.2) is 0 Å². The van der Waals surface area contributed by atoms with Crippen LogP contribution in [0.3, 0.4) is 0 Å². The highest BCUT2D eigenvalue weighted by molar-refractivity contribution is 6.05. The first-order chi connectivity index (χ1) is 16.9. The Morgan fingerprint density at radius 3 is 2.83 bits per heavy atom. The predicted octanol–water partition coefficient (Wildman–Crippen LogP) is 1.41. The summed E-state index contributed by atoms with van der Waals surface area (Å²) in [5.74, 6) is -0.283. The van der Waals surface area contributed by atoms with Crippen LogP contribution in [0.4, 0.5) is 0 Å². The zero-order valence-electron chi connectivity index (χ0n) is 19.7. The summed E-state index contributed by atoms with van der Waals surface area (Å²) < 4.78 is 7.75. The van der Waals surface area contributed by atoms with Gasteiger partial charge in [0.1, 0.15) is 24.9 Å². The maximum Gasteiger partial charge on any atom is 0.255 e. The Morgan fingerprint density at radius 1 is 1.20 bits per heavy atom. The van der Waals surface area contributed by atoms with Gasteiger partial charge in [-0.15, -0.1) is 0 Å². The van der Waals surface area contributed by atoms with E-state index in [1.54, 1.807) is 23.0 Å². The smallest absolute Gasteiger partial charge is 0.255 e. The third kappa shape index (κ3) is 4.78. The third-order valence-corrected chi connectivity index (χ3v) is 6.94. The predicted molar refractivity (Wildman–Crippen MR) is 124 cm³/mol. The molecule has 4 heterocycles. The van der Waals surface area contributed by atoms with Gasteiger partial charge in [0.05, 0.1) is 12.2 Å². The minimum absolute atomic E-state index is 0.0252. The van der Waals surface area contributed by atoms with Crippen molar-refractivity contribution >= 4 is 23.6 Å². The SMILES string of the molecule is Cc1cnn(CC(=O)N2CCCC[C@H]2COc2ccc3c(c2)CN(C2CCC(=O)NC2=O)C3=O)c1. The number of aromatic nitrogens is 2. The van der Waals surface area contributed by atoms with Gasteiger partial charge in [-0.2, -0.15) is 5.10 Å². The number of rotatable bonds is 6. The van der Waals surface area contributed by atoms with Crippen LogP contribution in [0.25, 0.3) is 0 Å². The number of benzene rings is 1. The Bertz CT molecular complexity index is 1170. The molecule has 4 amide bonds. The van der Waals surface area contributed by atoms with Crippen LogP contribution in [0.15, 0.2) is 30.6 Å². The molecule has 10 heteroatoms. The topological polar surface area (TPSA) is 114 Å². The van der Waals surface area contributed by atoms with Gasteiger partial charge in [0.25, 0.3) is 5.91 Å². The normalized spacial score (nSPS) is 22.3. The monoisotopic (exact) mass is 479 g/mol. The van der Waals surface area contributed by atoms with E-state index in [1.807, 2.05) is 24.1 Å². The van der Waals surface area contributed by atoms with E-state index < -0.39 is 11.9 Å². The molecule has 3 aliphatic rings. The summed E-state index contributed by atoms with van der Waals surface area (Å²) >= 11 is 0. The number of imide groups is 1. The van der Waals surface area contributed by atoms with E-state index in [-0.39, 0.29) is 36.7 Å². The van der Waals surface area contributed by atoms with Crippen molar-refractivity contribution < 1.29 is 23.9 Å². The molecule has 1 unspecified atom stereocenters. The molecule has 0 radical (unpaired) electrons. The van der Waals surface area contributed by atoms with E-state index in [4.69, 9.17) is 4.74 Å². The second-order valence-electron chi connectivity index (χ2n) is 9.48. The lowest BCUT2D eigenvalue weighted by molar-refractivity contribution is -0.137. The first kappa shape index (κ1) is 23.1. The van der Waals surface area contributed by atoms with Gasteiger partial charge >= 0.3 is 0 Å². The molecular weight excluding hydrogens is 450 g/mol. The van der Waals surface area contributed by atoms with Gasteiger partial charge in [-0.05, 0) is 61.9 Å². The van der Waals surface area contributed by atoms with E-state index in [2.05, 4.69) is 10.4 Å². The summed E-state index contributed by atoms with van der Waals surface area (Å²) in [4.78, 5) is 52.9. The summed E-state index contributed by atoms with van der Waals surface area (Å²) in [7, 11) is 0. The lowest BCUT2D eigenvalue weighted by Crippen LogP contribution is -2.52. The van der Waals surface area contributed by atoms with Crippen LogP contribution in [-0.4, -0.2) is 68.4 Å². The first-order valence-corrected chi connectivity index (χ1v) is 12.1. The number of piperidine rings is 2. The number of ether oxygens (including phenoxy) is 1. The molecule has 2 fully saturated rings. The molecule has 1 N–H and O–H groups in total. The van der Waals surface area contributed by atoms with Gasteiger partial charge in [-0.3, -0.25) is 29.2 Å². The van der Waals surface area contributed by atoms with Gasteiger partial charge in [0.2, 0.25) is 17.7 Å². The second kappa shape index (κ2) is 9.52. The molecule has 10 nitrogen and oxygen atoms in total. The molecule has 2 atom stereocenters. The number of aryl methyl sites for hydroxylation is 1. The highest BCUT2D eigenvalue weighted by Crippen LogP contribution is 2.30. The van der Waals surface area contributed by atoms with Gasteiger partial charge in [-0.1, -0.05) is 0 Å². The summed E-state index contributed by atoms with van der Waals surface area (Å²) in [5, 5.41) is 6.54. The second-order valence-corrected chi connectivity index (χ2v) is 9.48. The molecule has 0 bridgehead atoms. The van der Waals surface area contributed by atoms with Gasteiger partial charge in [0.15, 0.2) is 0 Å². The van der Waals surface area contributed by atoms with Crippen molar-refractivity contribution in [2.45, 2.75) is 64.2 Å². The van der Waals surface area contributed by atoms with Crippen LogP contribution in [0, 0.1) is 6.92 Å². The molecular formula is C25H29N5O5. The van der Waals surface area contributed by atoms with Crippen LogP contribution >= 0.6 is 0 Å². The van der Waals surface area contributed by atoms with Crippen LogP contribution in [0.2, 0.25) is 0 Å². The fourth-order valence-corrected chi connectivity index (χ4v) is 5.12. The molecule has 5 rings (SSSR count). The largest absolute Gasteiger partial charge is 0.491 e. The maximum atomic E-state index is 12.9. The summed E-state index contributed by atoms with van der Waals surface area (Å²) in [6.07, 6.45) is 7.03. The van der Waals surface area contributed by atoms with E-state index >= 15 is 0 Å². The molecule has 0 spiro atoms. The highest BCUT2D eigenvalue weighted by Gasteiger charge is 2.39. The number of likely N-dealkylation sites (tertiary alicyclic amines) is 1. The molecule has 1 aromatic heterocycles. The van der Waals surface area contributed by atoms with Crippen molar-refractivity contribution in [2.75, 3.05) is 13.2 Å². The molecule has 0 aliphatic carbocycles. The molecule has 0 saturated carbocycles. The lowest BCUT2D eigenvalue weighted by atomic mass is 10.0. The summed E-state index contributed by atoms with van der Waals surface area (Å²) in [6.45, 7) is 3.52. The van der Waals surface area contributed by atoms with E-state index in [0.29, 0.717) is 37.4 Å². The van der Waals surface area contributed by atoms with Crippen molar-refractivity contribution in [3.63, 3.8) is 0 Å². The Balaban J connectivity index is 1.22. The number of carbonyl (C=O) groups excluding carboxylic acids is 4. The zero-order chi connectivity index (χ0) is 24.5. The Morgan fingerprint density at radius 2 is 2.06 bits per heavy atom. The number of hydrogen-bond donors (Lipinski definition) is 1. The molecule has 2 aromatic rings. The number of fused-ring (bicyclic) bond motifs is 1.